The van der Waals surface area contributed by atoms with E-state index in [0.29, 0.717) is 37.3 Å². The Morgan fingerprint density at radius 3 is 2.68 bits per heavy atom. The van der Waals surface area contributed by atoms with Gasteiger partial charge in [-0.2, -0.15) is 0 Å². The number of nitrogens with one attached hydrogen (secondary N) is 1. The Hall–Kier alpha value is -2.90. The Labute approximate surface area is 163 Å². The molecular weight excluding hydrogens is 356 g/mol. The van der Waals surface area contributed by atoms with Crippen molar-refractivity contribution in [2.45, 2.75) is 37.6 Å². The van der Waals surface area contributed by atoms with Crippen LogP contribution in [-0.2, 0) is 16.8 Å². The number of piperidine rings is 1. The highest BCUT2D eigenvalue weighted by atomic mass is 16.2. The number of rotatable bonds is 2. The lowest BCUT2D eigenvalue weighted by atomic mass is 9.78. The van der Waals surface area contributed by atoms with E-state index >= 15 is 0 Å². The molecule has 0 radical (unpaired) electrons. The number of imidazole rings is 1. The molecule has 1 saturated heterocycles. The number of H-pyrrole nitrogens is 1. The Morgan fingerprint density at radius 2 is 1.96 bits per heavy atom. The number of nitrogens with two attached hydrogens (primary N) is 1. The number of likely N-dealkylation sites (tertiary alicyclic amines) is 1. The van der Waals surface area contributed by atoms with E-state index in [1.54, 1.807) is 24.7 Å². The fraction of sp³-hybridized carbons (Fsp3) is 0.500. The second kappa shape index (κ2) is 6.32. The molecule has 2 aromatic heterocycles. The Bertz CT molecular complexity index is 926. The molecule has 3 N–H and O–H groups in total. The van der Waals surface area contributed by atoms with E-state index in [1.807, 2.05) is 4.90 Å². The molecule has 28 heavy (non-hydrogen) atoms. The van der Waals surface area contributed by atoms with Crippen LogP contribution in [0.5, 0.6) is 0 Å². The normalized spacial score (nSPS) is 20.9. The highest BCUT2D eigenvalue weighted by Crippen LogP contribution is 2.45. The van der Waals surface area contributed by atoms with E-state index in [0.717, 1.165) is 37.2 Å². The number of aromatic amines is 1. The van der Waals surface area contributed by atoms with Crippen LogP contribution < -0.4 is 5.73 Å². The Morgan fingerprint density at radius 1 is 1.18 bits per heavy atom. The van der Waals surface area contributed by atoms with Crippen molar-refractivity contribution in [3.8, 4) is 0 Å². The van der Waals surface area contributed by atoms with Crippen LogP contribution in [0.2, 0.25) is 0 Å². The summed E-state index contributed by atoms with van der Waals surface area (Å²) in [5.74, 6) is 0.319. The van der Waals surface area contributed by atoms with Gasteiger partial charge in [0.1, 0.15) is 5.69 Å². The maximum Gasteiger partial charge on any atom is 0.272 e. The van der Waals surface area contributed by atoms with Gasteiger partial charge in [-0.15, -0.1) is 0 Å². The number of carbonyl (C=O) groups excluding carboxylic acids is 2. The molecule has 2 aliphatic heterocycles. The van der Waals surface area contributed by atoms with Gasteiger partial charge in [-0.3, -0.25) is 14.6 Å². The van der Waals surface area contributed by atoms with Crippen molar-refractivity contribution in [3.05, 3.63) is 41.7 Å². The van der Waals surface area contributed by atoms with Crippen molar-refractivity contribution in [2.24, 2.45) is 5.92 Å². The van der Waals surface area contributed by atoms with Crippen molar-refractivity contribution in [2.75, 3.05) is 25.4 Å². The molecule has 146 valence electrons. The fourth-order valence-corrected chi connectivity index (χ4v) is 4.66. The molecule has 0 unspecified atom stereocenters. The number of hydrogen-bond acceptors (Lipinski definition) is 5. The van der Waals surface area contributed by atoms with E-state index in [-0.39, 0.29) is 17.7 Å². The minimum atomic E-state index is -0.410. The topological polar surface area (TPSA) is 108 Å². The van der Waals surface area contributed by atoms with E-state index in [4.69, 9.17) is 5.73 Å². The first-order valence-electron chi connectivity index (χ1n) is 9.93. The van der Waals surface area contributed by atoms with Crippen LogP contribution >= 0.6 is 0 Å². The van der Waals surface area contributed by atoms with Gasteiger partial charge in [0.15, 0.2) is 0 Å². The summed E-state index contributed by atoms with van der Waals surface area (Å²) in [5, 5.41) is 0. The minimum absolute atomic E-state index is 0.111. The van der Waals surface area contributed by atoms with Gasteiger partial charge in [-0.1, -0.05) is 0 Å². The first kappa shape index (κ1) is 17.2. The highest BCUT2D eigenvalue weighted by Gasteiger charge is 2.51. The van der Waals surface area contributed by atoms with Gasteiger partial charge >= 0.3 is 0 Å². The zero-order valence-electron chi connectivity index (χ0n) is 15.7. The standard InChI is InChI=1S/C20H24N6O2/c21-14-3-7-22-16(11-14)19(28)25-9-5-20(6-10-25)17-15(23-12-24-17)4-8-26(20)18(27)13-1-2-13/h3,7,11-13H,1-2,4-6,8-10H2,(H2,21,22)(H,23,24). The zero-order chi connectivity index (χ0) is 19.3. The predicted octanol–water partition coefficient (Wildman–Crippen LogP) is 1.31. The van der Waals surface area contributed by atoms with Crippen molar-refractivity contribution in [1.82, 2.24) is 24.8 Å². The third kappa shape index (κ3) is 2.66. The quantitative estimate of drug-likeness (QED) is 0.817. The number of amides is 2. The van der Waals surface area contributed by atoms with E-state index in [2.05, 4.69) is 19.9 Å². The SMILES string of the molecule is Nc1ccnc(C(=O)N2CCC3(CC2)c2nc[nH]c2CCN3C(=O)C2CC2)c1. The molecule has 0 atom stereocenters. The molecule has 1 spiro atoms. The number of carbonyl (C=O) groups is 2. The summed E-state index contributed by atoms with van der Waals surface area (Å²) in [6.07, 6.45) is 7.46. The second-order valence-corrected chi connectivity index (χ2v) is 8.04. The zero-order valence-corrected chi connectivity index (χ0v) is 15.7. The molecule has 0 bridgehead atoms. The molecule has 1 aliphatic carbocycles. The molecule has 3 aliphatic rings. The van der Waals surface area contributed by atoms with Crippen LogP contribution in [0.1, 0.15) is 47.6 Å². The molecule has 5 rings (SSSR count). The molecule has 1 saturated carbocycles. The van der Waals surface area contributed by atoms with Crippen LogP contribution in [0.4, 0.5) is 5.69 Å². The van der Waals surface area contributed by atoms with Crippen LogP contribution in [0.15, 0.2) is 24.7 Å². The van der Waals surface area contributed by atoms with E-state index in [1.165, 1.54) is 0 Å². The summed E-state index contributed by atoms with van der Waals surface area (Å²) in [6, 6.07) is 3.28. The van der Waals surface area contributed by atoms with Crippen molar-refractivity contribution in [1.29, 1.82) is 0 Å². The molecule has 0 aromatic carbocycles. The minimum Gasteiger partial charge on any atom is -0.399 e. The molecule has 8 nitrogen and oxygen atoms in total. The molecule has 2 amide bonds. The molecule has 4 heterocycles. The smallest absolute Gasteiger partial charge is 0.272 e. The predicted molar refractivity (Wildman–Crippen MR) is 102 cm³/mol. The number of anilines is 1. The summed E-state index contributed by atoms with van der Waals surface area (Å²) in [5.41, 5.74) is 8.39. The lowest BCUT2D eigenvalue weighted by Gasteiger charge is -2.50. The summed E-state index contributed by atoms with van der Waals surface area (Å²) >= 11 is 0. The van der Waals surface area contributed by atoms with Crippen LogP contribution in [-0.4, -0.2) is 56.2 Å². The Kier molecular flexibility index (Phi) is 3.89. The highest BCUT2D eigenvalue weighted by molar-refractivity contribution is 5.93. The molecular formula is C20H24N6O2. The third-order valence-corrected chi connectivity index (χ3v) is 6.33. The van der Waals surface area contributed by atoms with Gasteiger partial charge in [0.25, 0.3) is 5.91 Å². The summed E-state index contributed by atoms with van der Waals surface area (Å²) < 4.78 is 0. The number of hydrogen-bond donors (Lipinski definition) is 2. The largest absolute Gasteiger partial charge is 0.399 e. The average molecular weight is 380 g/mol. The van der Waals surface area contributed by atoms with Crippen LogP contribution in [0.25, 0.3) is 0 Å². The van der Waals surface area contributed by atoms with E-state index < -0.39 is 5.54 Å². The van der Waals surface area contributed by atoms with E-state index in [9.17, 15) is 9.59 Å². The Balaban J connectivity index is 1.41. The van der Waals surface area contributed by atoms with Crippen LogP contribution in [0, 0.1) is 5.92 Å². The molecule has 2 aromatic rings. The maximum absolute atomic E-state index is 13.0. The maximum atomic E-state index is 13.0. The van der Waals surface area contributed by atoms with Crippen molar-refractivity contribution < 1.29 is 9.59 Å². The second-order valence-electron chi connectivity index (χ2n) is 8.04. The van der Waals surface area contributed by atoms with Gasteiger partial charge in [-0.25, -0.2) is 4.98 Å². The molecule has 2 fully saturated rings. The first-order valence-corrected chi connectivity index (χ1v) is 9.93. The van der Waals surface area contributed by atoms with Gasteiger partial charge < -0.3 is 20.5 Å². The first-order chi connectivity index (χ1) is 13.6. The van der Waals surface area contributed by atoms with Gasteiger partial charge in [0.05, 0.1) is 17.6 Å². The van der Waals surface area contributed by atoms with Crippen molar-refractivity contribution >= 4 is 17.5 Å². The van der Waals surface area contributed by atoms with Crippen molar-refractivity contribution in [3.63, 3.8) is 0 Å². The monoisotopic (exact) mass is 380 g/mol. The van der Waals surface area contributed by atoms with Gasteiger partial charge in [0, 0.05) is 49.6 Å². The van der Waals surface area contributed by atoms with Gasteiger partial charge in [0.2, 0.25) is 5.91 Å². The lowest BCUT2D eigenvalue weighted by molar-refractivity contribution is -0.143. The number of nitrogen functional groups attached to an aromatic ring is 1. The average Bonchev–Trinajstić information content (AvgIpc) is 3.45. The third-order valence-electron chi connectivity index (χ3n) is 6.33. The molecule has 8 heteroatoms. The number of fused-ring (bicyclic) bond motifs is 2. The van der Waals surface area contributed by atoms with Gasteiger partial charge in [-0.05, 0) is 37.8 Å². The summed E-state index contributed by atoms with van der Waals surface area (Å²) in [6.45, 7) is 1.85. The van der Waals surface area contributed by atoms with Crippen LogP contribution in [0.3, 0.4) is 0 Å². The fourth-order valence-electron chi connectivity index (χ4n) is 4.66. The summed E-state index contributed by atoms with van der Waals surface area (Å²) in [7, 11) is 0. The number of nitrogens with zero attached hydrogens (tertiary/aromatic N) is 4. The summed E-state index contributed by atoms with van der Waals surface area (Å²) in [4.78, 5) is 41.8. The number of aromatic nitrogens is 3. The number of pyridine rings is 1. The lowest BCUT2D eigenvalue weighted by Crippen LogP contribution is -2.59.